The molecule has 0 radical (unpaired) electrons. The van der Waals surface area contributed by atoms with Gasteiger partial charge in [0, 0.05) is 6.04 Å². The van der Waals surface area contributed by atoms with Crippen LogP contribution in [0.25, 0.3) is 0 Å². The van der Waals surface area contributed by atoms with Crippen molar-refractivity contribution in [2.75, 3.05) is 7.11 Å². The van der Waals surface area contributed by atoms with E-state index in [-0.39, 0.29) is 0 Å². The molecule has 1 aromatic heterocycles. The minimum Gasteiger partial charge on any atom is -0.497 e. The van der Waals surface area contributed by atoms with Crippen LogP contribution in [0.2, 0.25) is 0 Å². The van der Waals surface area contributed by atoms with Gasteiger partial charge in [0.05, 0.1) is 19.9 Å². The van der Waals surface area contributed by atoms with Crippen LogP contribution in [0.4, 0.5) is 0 Å². The summed E-state index contributed by atoms with van der Waals surface area (Å²) in [5, 5.41) is 3.54. The summed E-state index contributed by atoms with van der Waals surface area (Å²) in [4.78, 5) is 0. The molecule has 1 aromatic carbocycles. The van der Waals surface area contributed by atoms with Gasteiger partial charge in [-0.2, -0.15) is 0 Å². The monoisotopic (exact) mass is 259 g/mol. The lowest BCUT2D eigenvalue weighted by Crippen LogP contribution is -2.25. The summed E-state index contributed by atoms with van der Waals surface area (Å²) >= 11 is 0. The van der Waals surface area contributed by atoms with Crippen LogP contribution < -0.4 is 10.1 Å². The number of ether oxygens (including phenoxy) is 1. The molecule has 1 heterocycles. The Kier molecular flexibility index (Phi) is 4.63. The number of furan rings is 1. The maximum atomic E-state index is 5.35. The molecule has 2 aromatic rings. The fourth-order valence-corrected chi connectivity index (χ4v) is 2.17. The van der Waals surface area contributed by atoms with Gasteiger partial charge in [-0.3, -0.25) is 0 Å². The zero-order chi connectivity index (χ0) is 13.7. The summed E-state index contributed by atoms with van der Waals surface area (Å²) < 4.78 is 10.5. The Morgan fingerprint density at radius 3 is 2.42 bits per heavy atom. The Bertz CT molecular complexity index is 474. The van der Waals surface area contributed by atoms with E-state index >= 15 is 0 Å². The second-order valence-electron chi connectivity index (χ2n) is 4.96. The molecular weight excluding hydrogens is 238 g/mol. The van der Waals surface area contributed by atoms with Gasteiger partial charge in [-0.05, 0) is 35.7 Å². The highest BCUT2D eigenvalue weighted by Crippen LogP contribution is 2.24. The zero-order valence-corrected chi connectivity index (χ0v) is 11.7. The first kappa shape index (κ1) is 13.7. The largest absolute Gasteiger partial charge is 0.497 e. The van der Waals surface area contributed by atoms with Crippen molar-refractivity contribution in [3.63, 3.8) is 0 Å². The SMILES string of the molecule is COc1ccc(C(NCc2ccco2)C(C)C)cc1. The van der Waals surface area contributed by atoms with E-state index in [1.54, 1.807) is 13.4 Å². The van der Waals surface area contributed by atoms with Gasteiger partial charge in [0.25, 0.3) is 0 Å². The highest BCUT2D eigenvalue weighted by molar-refractivity contribution is 5.29. The minimum absolute atomic E-state index is 0.302. The molecule has 1 unspecified atom stereocenters. The van der Waals surface area contributed by atoms with E-state index in [0.29, 0.717) is 12.0 Å². The summed E-state index contributed by atoms with van der Waals surface area (Å²) in [6.07, 6.45) is 1.70. The van der Waals surface area contributed by atoms with E-state index in [2.05, 4.69) is 31.3 Å². The van der Waals surface area contributed by atoms with Crippen molar-refractivity contribution >= 4 is 0 Å². The highest BCUT2D eigenvalue weighted by Gasteiger charge is 2.15. The molecule has 19 heavy (non-hydrogen) atoms. The van der Waals surface area contributed by atoms with Gasteiger partial charge in [-0.1, -0.05) is 26.0 Å². The fraction of sp³-hybridized carbons (Fsp3) is 0.375. The summed E-state index contributed by atoms with van der Waals surface area (Å²) in [5.74, 6) is 2.35. The molecule has 0 aliphatic rings. The maximum absolute atomic E-state index is 5.35. The third-order valence-corrected chi connectivity index (χ3v) is 3.22. The lowest BCUT2D eigenvalue weighted by Gasteiger charge is -2.22. The van der Waals surface area contributed by atoms with Crippen LogP contribution in [0.1, 0.15) is 31.2 Å². The van der Waals surface area contributed by atoms with Crippen LogP contribution in [0.3, 0.4) is 0 Å². The van der Waals surface area contributed by atoms with Crippen LogP contribution in [-0.4, -0.2) is 7.11 Å². The van der Waals surface area contributed by atoms with E-state index in [4.69, 9.17) is 9.15 Å². The molecule has 102 valence electrons. The van der Waals surface area contributed by atoms with Crippen molar-refractivity contribution in [3.8, 4) is 5.75 Å². The molecule has 0 saturated heterocycles. The van der Waals surface area contributed by atoms with Crippen molar-refractivity contribution < 1.29 is 9.15 Å². The van der Waals surface area contributed by atoms with E-state index < -0.39 is 0 Å². The Labute approximate surface area is 114 Å². The third kappa shape index (κ3) is 3.61. The molecule has 0 aliphatic carbocycles. The molecule has 0 spiro atoms. The molecule has 0 aliphatic heterocycles. The van der Waals surface area contributed by atoms with Crippen LogP contribution in [-0.2, 0) is 6.54 Å². The standard InChI is InChI=1S/C16H21NO2/c1-12(2)16(17-11-15-5-4-10-19-15)13-6-8-14(18-3)9-7-13/h4-10,12,16-17H,11H2,1-3H3. The van der Waals surface area contributed by atoms with Crippen molar-refractivity contribution in [1.82, 2.24) is 5.32 Å². The van der Waals surface area contributed by atoms with Crippen molar-refractivity contribution in [2.45, 2.75) is 26.4 Å². The molecule has 0 fully saturated rings. The third-order valence-electron chi connectivity index (χ3n) is 3.22. The second-order valence-corrected chi connectivity index (χ2v) is 4.96. The first-order chi connectivity index (χ1) is 9.20. The van der Waals surface area contributed by atoms with Gasteiger partial charge >= 0.3 is 0 Å². The van der Waals surface area contributed by atoms with Gasteiger partial charge in [0.15, 0.2) is 0 Å². The molecule has 0 amide bonds. The normalized spacial score (nSPS) is 12.6. The van der Waals surface area contributed by atoms with Gasteiger partial charge < -0.3 is 14.5 Å². The predicted octanol–water partition coefficient (Wildman–Crippen LogP) is 3.78. The molecule has 1 N–H and O–H groups in total. The van der Waals surface area contributed by atoms with E-state index in [0.717, 1.165) is 18.1 Å². The number of hydrogen-bond acceptors (Lipinski definition) is 3. The summed E-state index contributed by atoms with van der Waals surface area (Å²) in [6.45, 7) is 5.16. The number of hydrogen-bond donors (Lipinski definition) is 1. The maximum Gasteiger partial charge on any atom is 0.118 e. The number of methoxy groups -OCH3 is 1. The number of rotatable bonds is 6. The summed E-state index contributed by atoms with van der Waals surface area (Å²) in [7, 11) is 1.68. The molecule has 3 heteroatoms. The molecular formula is C16H21NO2. The van der Waals surface area contributed by atoms with E-state index in [1.807, 2.05) is 24.3 Å². The smallest absolute Gasteiger partial charge is 0.118 e. The van der Waals surface area contributed by atoms with Crippen LogP contribution in [0, 0.1) is 5.92 Å². The van der Waals surface area contributed by atoms with Gasteiger partial charge in [-0.15, -0.1) is 0 Å². The molecule has 3 nitrogen and oxygen atoms in total. The minimum atomic E-state index is 0.302. The van der Waals surface area contributed by atoms with Crippen LogP contribution in [0.5, 0.6) is 5.75 Å². The van der Waals surface area contributed by atoms with Crippen molar-refractivity contribution in [2.24, 2.45) is 5.92 Å². The average Bonchev–Trinajstić information content (AvgIpc) is 2.92. The Morgan fingerprint density at radius 2 is 1.89 bits per heavy atom. The highest BCUT2D eigenvalue weighted by atomic mass is 16.5. The molecule has 2 rings (SSSR count). The average molecular weight is 259 g/mol. The summed E-state index contributed by atoms with van der Waals surface area (Å²) in [6, 6.07) is 12.4. The Hall–Kier alpha value is -1.74. The molecule has 0 saturated carbocycles. The van der Waals surface area contributed by atoms with E-state index in [9.17, 15) is 0 Å². The zero-order valence-electron chi connectivity index (χ0n) is 11.7. The van der Waals surface area contributed by atoms with Crippen LogP contribution in [0.15, 0.2) is 47.1 Å². The first-order valence-electron chi connectivity index (χ1n) is 6.60. The van der Waals surface area contributed by atoms with Crippen molar-refractivity contribution in [1.29, 1.82) is 0 Å². The summed E-state index contributed by atoms with van der Waals surface area (Å²) in [5.41, 5.74) is 1.27. The predicted molar refractivity (Wildman–Crippen MR) is 76.1 cm³/mol. The van der Waals surface area contributed by atoms with Crippen LogP contribution >= 0.6 is 0 Å². The first-order valence-corrected chi connectivity index (χ1v) is 6.60. The molecule has 1 atom stereocenters. The van der Waals surface area contributed by atoms with E-state index in [1.165, 1.54) is 5.56 Å². The van der Waals surface area contributed by atoms with Gasteiger partial charge in [-0.25, -0.2) is 0 Å². The second kappa shape index (κ2) is 6.43. The lowest BCUT2D eigenvalue weighted by atomic mass is 9.96. The number of benzene rings is 1. The number of nitrogens with one attached hydrogen (secondary N) is 1. The Morgan fingerprint density at radius 1 is 1.16 bits per heavy atom. The lowest BCUT2D eigenvalue weighted by molar-refractivity contribution is 0.382. The Balaban J connectivity index is 2.06. The molecule has 0 bridgehead atoms. The van der Waals surface area contributed by atoms with Gasteiger partial charge in [0.1, 0.15) is 11.5 Å². The quantitative estimate of drug-likeness (QED) is 0.857. The van der Waals surface area contributed by atoms with Gasteiger partial charge in [0.2, 0.25) is 0 Å². The topological polar surface area (TPSA) is 34.4 Å². The van der Waals surface area contributed by atoms with Crippen molar-refractivity contribution in [3.05, 3.63) is 54.0 Å². The fourth-order valence-electron chi connectivity index (χ4n) is 2.17.